The Kier molecular flexibility index (Phi) is 3.80. The molecule has 2 amide bonds. The number of aliphatic hydroxyl groups is 1. The number of rotatable bonds is 5. The minimum atomic E-state index is -0.815. The number of nitrogens with zero attached hydrogens (tertiary/aromatic N) is 1. The van der Waals surface area contributed by atoms with Gasteiger partial charge in [0.1, 0.15) is 11.6 Å². The average Bonchev–Trinajstić information content (AvgIpc) is 2.72. The van der Waals surface area contributed by atoms with E-state index in [2.05, 4.69) is 10.6 Å². The molecule has 2 fully saturated rings. The van der Waals surface area contributed by atoms with Crippen LogP contribution in [0.4, 0.5) is 0 Å². The molecule has 2 saturated heterocycles. The van der Waals surface area contributed by atoms with Crippen LogP contribution in [0.3, 0.4) is 0 Å². The molecule has 0 bridgehead atoms. The molecule has 19 heavy (non-hydrogen) atoms. The maximum Gasteiger partial charge on any atom is 0.242 e. The average molecular weight is 270 g/mol. The van der Waals surface area contributed by atoms with Gasteiger partial charge in [0.15, 0.2) is 0 Å². The monoisotopic (exact) mass is 270 g/mol. The van der Waals surface area contributed by atoms with Crippen LogP contribution in [0.5, 0.6) is 0 Å². The lowest BCUT2D eigenvalue weighted by molar-refractivity contribution is -0.134. The molecule has 0 aliphatic carbocycles. The highest BCUT2D eigenvalue weighted by Crippen LogP contribution is 2.28. The fraction of sp³-hybridized carbons (Fsp3) is 0.833. The zero-order valence-corrected chi connectivity index (χ0v) is 11.3. The Morgan fingerprint density at radius 3 is 2.74 bits per heavy atom. The molecule has 4 atom stereocenters. The van der Waals surface area contributed by atoms with Crippen molar-refractivity contribution in [3.8, 4) is 0 Å². The van der Waals surface area contributed by atoms with Crippen molar-refractivity contribution in [1.82, 2.24) is 15.5 Å². The molecule has 0 radical (unpaired) electrons. The maximum absolute atomic E-state index is 11.5. The summed E-state index contributed by atoms with van der Waals surface area (Å²) in [7, 11) is 1.76. The summed E-state index contributed by atoms with van der Waals surface area (Å²) in [4.78, 5) is 24.6. The number of aliphatic hydroxyl groups excluding tert-OH is 1. The van der Waals surface area contributed by atoms with Crippen LogP contribution in [0.1, 0.15) is 19.8 Å². The molecule has 0 aromatic heterocycles. The highest BCUT2D eigenvalue weighted by Gasteiger charge is 2.51. The first kappa shape index (κ1) is 14.2. The number of amides is 2. The summed E-state index contributed by atoms with van der Waals surface area (Å²) in [5, 5.41) is 15.7. The number of hydrogen-bond acceptors (Lipinski definition) is 5. The summed E-state index contributed by atoms with van der Waals surface area (Å²) >= 11 is 0. The first-order valence-corrected chi connectivity index (χ1v) is 6.59. The third-order valence-corrected chi connectivity index (χ3v) is 4.12. The number of hydrogen-bond donors (Lipinski definition) is 4. The molecule has 2 aliphatic rings. The van der Waals surface area contributed by atoms with Crippen LogP contribution < -0.4 is 16.4 Å². The smallest absolute Gasteiger partial charge is 0.242 e. The summed E-state index contributed by atoms with van der Waals surface area (Å²) < 4.78 is 0. The van der Waals surface area contributed by atoms with E-state index in [1.54, 1.807) is 18.9 Å². The van der Waals surface area contributed by atoms with Crippen LogP contribution in [0.25, 0.3) is 0 Å². The van der Waals surface area contributed by atoms with Gasteiger partial charge in [-0.1, -0.05) is 0 Å². The van der Waals surface area contributed by atoms with E-state index >= 15 is 0 Å². The fourth-order valence-electron chi connectivity index (χ4n) is 3.07. The van der Waals surface area contributed by atoms with E-state index < -0.39 is 23.6 Å². The van der Waals surface area contributed by atoms with Crippen LogP contribution >= 0.6 is 0 Å². The number of nitrogens with one attached hydrogen (secondary N) is 2. The first-order chi connectivity index (χ1) is 8.85. The second kappa shape index (κ2) is 5.07. The van der Waals surface area contributed by atoms with Crippen LogP contribution in [0.15, 0.2) is 0 Å². The molecule has 7 nitrogen and oxygen atoms in total. The van der Waals surface area contributed by atoms with Gasteiger partial charge in [-0.2, -0.15) is 0 Å². The molecule has 7 heteroatoms. The third kappa shape index (κ3) is 2.58. The summed E-state index contributed by atoms with van der Waals surface area (Å²) in [6.45, 7) is 2.80. The molecule has 2 heterocycles. The molecule has 2 unspecified atom stereocenters. The van der Waals surface area contributed by atoms with E-state index in [4.69, 9.17) is 5.73 Å². The lowest BCUT2D eigenvalue weighted by atomic mass is 9.90. The quantitative estimate of drug-likeness (QED) is 0.423. The Balaban J connectivity index is 1.91. The topological polar surface area (TPSA) is 108 Å². The first-order valence-electron chi connectivity index (χ1n) is 6.59. The van der Waals surface area contributed by atoms with Gasteiger partial charge in [-0.15, -0.1) is 0 Å². The largest absolute Gasteiger partial charge is 0.391 e. The summed E-state index contributed by atoms with van der Waals surface area (Å²) in [5.74, 6) is -0.480. The number of likely N-dealkylation sites (N-methyl/N-ethyl adjacent to an activating group) is 1. The van der Waals surface area contributed by atoms with Gasteiger partial charge in [-0.3, -0.25) is 19.8 Å². The number of carbonyl (C=O) groups is 2. The number of β-lactam (4-membered cyclic amide) rings is 1. The minimum Gasteiger partial charge on any atom is -0.391 e. The van der Waals surface area contributed by atoms with Crippen LogP contribution in [0, 0.1) is 0 Å². The predicted molar refractivity (Wildman–Crippen MR) is 69.2 cm³/mol. The highest BCUT2D eigenvalue weighted by molar-refractivity contribution is 5.93. The number of carbonyl (C=O) groups excluding carboxylic acids is 2. The Morgan fingerprint density at radius 2 is 2.37 bits per heavy atom. The molecule has 1 spiro atoms. The van der Waals surface area contributed by atoms with Gasteiger partial charge in [0.2, 0.25) is 11.8 Å². The van der Waals surface area contributed by atoms with E-state index in [1.807, 2.05) is 0 Å². The van der Waals surface area contributed by atoms with Gasteiger partial charge in [0, 0.05) is 19.1 Å². The van der Waals surface area contributed by atoms with Gasteiger partial charge in [0.25, 0.3) is 0 Å². The van der Waals surface area contributed by atoms with Gasteiger partial charge in [-0.25, -0.2) is 0 Å². The van der Waals surface area contributed by atoms with Gasteiger partial charge in [-0.05, 0) is 26.8 Å². The molecule has 108 valence electrons. The van der Waals surface area contributed by atoms with Crippen molar-refractivity contribution in [3.63, 3.8) is 0 Å². The van der Waals surface area contributed by atoms with Crippen molar-refractivity contribution >= 4 is 11.8 Å². The summed E-state index contributed by atoms with van der Waals surface area (Å²) in [5.41, 5.74) is 4.90. The zero-order chi connectivity index (χ0) is 14.2. The normalized spacial score (nSPS) is 33.1. The van der Waals surface area contributed by atoms with E-state index in [9.17, 15) is 14.7 Å². The Hall–Kier alpha value is -1.18. The Morgan fingerprint density at radius 1 is 1.68 bits per heavy atom. The van der Waals surface area contributed by atoms with Gasteiger partial charge >= 0.3 is 0 Å². The summed E-state index contributed by atoms with van der Waals surface area (Å²) in [6.07, 6.45) is 0.876. The lowest BCUT2D eigenvalue weighted by Gasteiger charge is -2.38. The molecule has 2 rings (SSSR count). The molecule has 0 aromatic carbocycles. The van der Waals surface area contributed by atoms with Crippen molar-refractivity contribution in [2.24, 2.45) is 5.73 Å². The Labute approximate surface area is 112 Å². The van der Waals surface area contributed by atoms with E-state index in [1.165, 1.54) is 0 Å². The van der Waals surface area contributed by atoms with E-state index in [0.29, 0.717) is 13.1 Å². The minimum absolute atomic E-state index is 0.0552. The fourth-order valence-corrected chi connectivity index (χ4v) is 3.07. The SMILES string of the molecule is C[C@@H](O)[C@H](C(N)=O)N(C)CC1CCC2(CNC2=O)N1. The molecule has 5 N–H and O–H groups in total. The second-order valence-electron chi connectivity index (χ2n) is 5.67. The standard InChI is InChI=1S/C12H22N4O3/c1-7(17)9(10(13)18)16(2)5-8-3-4-12(15-8)6-14-11(12)19/h7-9,15,17H,3-6H2,1-2H3,(H2,13,18)(H,14,19)/t7-,8?,9-,12?/m1/s1. The maximum atomic E-state index is 11.5. The molecular formula is C12H22N4O3. The van der Waals surface area contributed by atoms with Crippen molar-refractivity contribution in [1.29, 1.82) is 0 Å². The lowest BCUT2D eigenvalue weighted by Crippen LogP contribution is -2.71. The molecular weight excluding hydrogens is 248 g/mol. The van der Waals surface area contributed by atoms with Crippen LogP contribution in [-0.4, -0.2) is 65.7 Å². The molecule has 2 aliphatic heterocycles. The Bertz CT molecular complexity index is 387. The highest BCUT2D eigenvalue weighted by atomic mass is 16.3. The molecule has 0 aromatic rings. The second-order valence-corrected chi connectivity index (χ2v) is 5.67. The summed E-state index contributed by atoms with van der Waals surface area (Å²) in [6, 6.07) is -0.565. The van der Waals surface area contributed by atoms with Crippen molar-refractivity contribution in [3.05, 3.63) is 0 Å². The van der Waals surface area contributed by atoms with Crippen molar-refractivity contribution in [2.45, 2.75) is 43.5 Å². The van der Waals surface area contributed by atoms with Crippen molar-refractivity contribution in [2.75, 3.05) is 20.1 Å². The predicted octanol–water partition coefficient (Wildman–Crippen LogP) is -2.23. The van der Waals surface area contributed by atoms with E-state index in [0.717, 1.165) is 12.8 Å². The number of nitrogens with two attached hydrogens (primary N) is 1. The van der Waals surface area contributed by atoms with Gasteiger partial charge in [0.05, 0.1) is 6.10 Å². The zero-order valence-electron chi connectivity index (χ0n) is 11.3. The third-order valence-electron chi connectivity index (χ3n) is 4.12. The van der Waals surface area contributed by atoms with Gasteiger partial charge < -0.3 is 16.2 Å². The molecule has 0 saturated carbocycles. The van der Waals surface area contributed by atoms with Crippen molar-refractivity contribution < 1.29 is 14.7 Å². The van der Waals surface area contributed by atoms with Crippen LogP contribution in [-0.2, 0) is 9.59 Å². The number of primary amides is 1. The van der Waals surface area contributed by atoms with Crippen LogP contribution in [0.2, 0.25) is 0 Å². The van der Waals surface area contributed by atoms with E-state index in [-0.39, 0.29) is 11.9 Å².